The molecule has 1 heterocycles. The van der Waals surface area contributed by atoms with E-state index in [0.717, 1.165) is 20.3 Å². The maximum absolute atomic E-state index is 10.4. The first-order valence-electron chi connectivity index (χ1n) is 5.65. The Morgan fingerprint density at radius 3 is 2.50 bits per heavy atom. The molecule has 0 fully saturated rings. The Bertz CT molecular complexity index is 690. The lowest BCUT2D eigenvalue weighted by atomic mass is 10.0. The van der Waals surface area contributed by atoms with E-state index in [1.54, 1.807) is 11.3 Å². The van der Waals surface area contributed by atoms with Crippen LogP contribution in [0, 0.1) is 0 Å². The van der Waals surface area contributed by atoms with E-state index < -0.39 is 6.10 Å². The van der Waals surface area contributed by atoms with Gasteiger partial charge in [0.2, 0.25) is 0 Å². The van der Waals surface area contributed by atoms with Crippen molar-refractivity contribution in [2.75, 3.05) is 0 Å². The van der Waals surface area contributed by atoms with Gasteiger partial charge in [-0.1, -0.05) is 36.4 Å². The van der Waals surface area contributed by atoms with Crippen LogP contribution in [-0.2, 0) is 0 Å². The Hall–Kier alpha value is -1.16. The molecule has 0 aliphatic rings. The third-order valence-electron chi connectivity index (χ3n) is 2.95. The molecule has 1 nitrogen and oxygen atoms in total. The molecule has 3 rings (SSSR count). The van der Waals surface area contributed by atoms with E-state index in [9.17, 15) is 5.11 Å². The fourth-order valence-electron chi connectivity index (χ4n) is 2.01. The average Bonchev–Trinajstić information content (AvgIpc) is 2.84. The molecule has 1 aromatic heterocycles. The number of rotatable bonds is 2. The van der Waals surface area contributed by atoms with Gasteiger partial charge in [0.05, 0.1) is 0 Å². The second kappa shape index (κ2) is 4.84. The Balaban J connectivity index is 2.03. The van der Waals surface area contributed by atoms with E-state index in [1.165, 1.54) is 5.39 Å². The van der Waals surface area contributed by atoms with Crippen LogP contribution >= 0.6 is 27.3 Å². The van der Waals surface area contributed by atoms with Gasteiger partial charge in [-0.05, 0) is 44.4 Å². The lowest BCUT2D eigenvalue weighted by Gasteiger charge is -2.10. The molecule has 1 atom stereocenters. The lowest BCUT2D eigenvalue weighted by Crippen LogP contribution is -1.96. The molecule has 0 saturated carbocycles. The summed E-state index contributed by atoms with van der Waals surface area (Å²) in [5.41, 5.74) is 0.933. The largest absolute Gasteiger partial charge is 0.383 e. The van der Waals surface area contributed by atoms with Gasteiger partial charge in [-0.3, -0.25) is 0 Å². The van der Waals surface area contributed by atoms with Crippen molar-refractivity contribution in [1.82, 2.24) is 0 Å². The van der Waals surface area contributed by atoms with Gasteiger partial charge in [-0.25, -0.2) is 0 Å². The van der Waals surface area contributed by atoms with Crippen molar-refractivity contribution in [3.8, 4) is 0 Å². The van der Waals surface area contributed by atoms with E-state index >= 15 is 0 Å². The first kappa shape index (κ1) is 11.9. The summed E-state index contributed by atoms with van der Waals surface area (Å²) in [5, 5.41) is 14.7. The predicted molar refractivity (Wildman–Crippen MR) is 80.0 cm³/mol. The third-order valence-corrected chi connectivity index (χ3v) is 4.69. The van der Waals surface area contributed by atoms with Crippen LogP contribution in [0.15, 0.2) is 58.4 Å². The van der Waals surface area contributed by atoms with Crippen molar-refractivity contribution >= 4 is 38.0 Å². The minimum atomic E-state index is -0.550. The van der Waals surface area contributed by atoms with Gasteiger partial charge < -0.3 is 5.11 Å². The second-order valence-electron chi connectivity index (χ2n) is 4.18. The molecule has 0 spiro atoms. The zero-order chi connectivity index (χ0) is 12.5. The number of aliphatic hydroxyl groups excluding tert-OH is 1. The summed E-state index contributed by atoms with van der Waals surface area (Å²) in [6.07, 6.45) is -0.550. The number of hydrogen-bond acceptors (Lipinski definition) is 2. The van der Waals surface area contributed by atoms with Crippen LogP contribution in [0.3, 0.4) is 0 Å². The van der Waals surface area contributed by atoms with Crippen LogP contribution in [0.1, 0.15) is 16.5 Å². The highest BCUT2D eigenvalue weighted by molar-refractivity contribution is 9.10. The molecule has 1 unspecified atom stereocenters. The smallest absolute Gasteiger partial charge is 0.113 e. The molecule has 18 heavy (non-hydrogen) atoms. The molecule has 0 aliphatic carbocycles. The van der Waals surface area contributed by atoms with Gasteiger partial charge in [0.25, 0.3) is 0 Å². The molecule has 0 saturated heterocycles. The normalized spacial score (nSPS) is 12.8. The summed E-state index contributed by atoms with van der Waals surface area (Å²) in [5.74, 6) is 0. The molecule has 3 aromatic rings. The second-order valence-corrected chi connectivity index (χ2v) is 6.03. The fraction of sp³-hybridized carbons (Fsp3) is 0.0667. The molecule has 1 N–H and O–H groups in total. The monoisotopic (exact) mass is 318 g/mol. The molecular formula is C15H11BrOS. The summed E-state index contributed by atoms with van der Waals surface area (Å²) in [6, 6.07) is 16.2. The highest BCUT2D eigenvalue weighted by Gasteiger charge is 2.12. The summed E-state index contributed by atoms with van der Waals surface area (Å²) in [7, 11) is 0. The minimum Gasteiger partial charge on any atom is -0.383 e. The van der Waals surface area contributed by atoms with Gasteiger partial charge in [0, 0.05) is 14.7 Å². The summed E-state index contributed by atoms with van der Waals surface area (Å²) in [4.78, 5) is 0.956. The van der Waals surface area contributed by atoms with Gasteiger partial charge in [0.15, 0.2) is 0 Å². The van der Waals surface area contributed by atoms with Crippen LogP contribution in [0.25, 0.3) is 10.8 Å². The fourth-order valence-corrected chi connectivity index (χ4v) is 3.47. The maximum atomic E-state index is 10.4. The highest BCUT2D eigenvalue weighted by atomic mass is 79.9. The molecule has 0 bridgehead atoms. The molecule has 0 radical (unpaired) electrons. The van der Waals surface area contributed by atoms with E-state index in [-0.39, 0.29) is 0 Å². The summed E-state index contributed by atoms with van der Waals surface area (Å²) in [6.45, 7) is 0. The number of halogens is 1. The summed E-state index contributed by atoms with van der Waals surface area (Å²) < 4.78 is 1.02. The number of aliphatic hydroxyl groups is 1. The highest BCUT2D eigenvalue weighted by Crippen LogP contribution is 2.31. The molecule has 2 aromatic carbocycles. The SMILES string of the molecule is OC(c1ccc2ccccc2c1)c1cc(Br)cs1. The van der Waals surface area contributed by atoms with Gasteiger partial charge in [0.1, 0.15) is 6.10 Å². The third kappa shape index (κ3) is 2.21. The standard InChI is InChI=1S/C15H11BrOS/c16-13-8-14(18-9-13)15(17)12-6-5-10-3-1-2-4-11(10)7-12/h1-9,15,17H. The van der Waals surface area contributed by atoms with E-state index in [2.05, 4.69) is 34.1 Å². The number of benzene rings is 2. The van der Waals surface area contributed by atoms with Gasteiger partial charge >= 0.3 is 0 Å². The molecule has 0 aliphatic heterocycles. The van der Waals surface area contributed by atoms with Crippen molar-refractivity contribution in [3.05, 3.63) is 68.8 Å². The molecule has 3 heteroatoms. The Morgan fingerprint density at radius 1 is 1.00 bits per heavy atom. The van der Waals surface area contributed by atoms with Crippen molar-refractivity contribution in [2.45, 2.75) is 6.10 Å². The van der Waals surface area contributed by atoms with Crippen LogP contribution in [0.4, 0.5) is 0 Å². The first-order valence-corrected chi connectivity index (χ1v) is 7.32. The van der Waals surface area contributed by atoms with Gasteiger partial charge in [-0.2, -0.15) is 0 Å². The Kier molecular flexibility index (Phi) is 3.20. The number of thiophene rings is 1. The van der Waals surface area contributed by atoms with Crippen molar-refractivity contribution in [1.29, 1.82) is 0 Å². The van der Waals surface area contributed by atoms with E-state index in [4.69, 9.17) is 0 Å². The van der Waals surface area contributed by atoms with Crippen molar-refractivity contribution < 1.29 is 5.11 Å². The zero-order valence-corrected chi connectivity index (χ0v) is 11.9. The van der Waals surface area contributed by atoms with Crippen LogP contribution in [0.2, 0.25) is 0 Å². The Morgan fingerprint density at radius 2 is 1.78 bits per heavy atom. The molecule has 90 valence electrons. The predicted octanol–water partition coefficient (Wildman–Crippen LogP) is 4.75. The Labute approximate surface area is 118 Å². The molecule has 0 amide bonds. The van der Waals surface area contributed by atoms with Crippen LogP contribution in [0.5, 0.6) is 0 Å². The van der Waals surface area contributed by atoms with E-state index in [1.807, 2.05) is 35.7 Å². The topological polar surface area (TPSA) is 20.2 Å². The van der Waals surface area contributed by atoms with Crippen molar-refractivity contribution in [3.63, 3.8) is 0 Å². The average molecular weight is 319 g/mol. The van der Waals surface area contributed by atoms with E-state index in [0.29, 0.717) is 0 Å². The lowest BCUT2D eigenvalue weighted by molar-refractivity contribution is 0.224. The maximum Gasteiger partial charge on any atom is 0.113 e. The van der Waals surface area contributed by atoms with Gasteiger partial charge in [-0.15, -0.1) is 11.3 Å². The summed E-state index contributed by atoms with van der Waals surface area (Å²) >= 11 is 4.97. The first-order chi connectivity index (χ1) is 8.74. The number of hydrogen-bond donors (Lipinski definition) is 1. The number of fused-ring (bicyclic) bond motifs is 1. The minimum absolute atomic E-state index is 0.550. The van der Waals surface area contributed by atoms with Crippen LogP contribution < -0.4 is 0 Å². The van der Waals surface area contributed by atoms with Crippen LogP contribution in [-0.4, -0.2) is 5.11 Å². The zero-order valence-electron chi connectivity index (χ0n) is 9.51. The quantitative estimate of drug-likeness (QED) is 0.723. The van der Waals surface area contributed by atoms with Crippen molar-refractivity contribution in [2.24, 2.45) is 0 Å². The molecular weight excluding hydrogens is 308 g/mol.